The predicted molar refractivity (Wildman–Crippen MR) is 177 cm³/mol. The van der Waals surface area contributed by atoms with Crippen molar-refractivity contribution >= 4 is 0 Å². The zero-order chi connectivity index (χ0) is 29.9. The zero-order valence-corrected chi connectivity index (χ0v) is 26.7. The van der Waals surface area contributed by atoms with E-state index in [0.717, 1.165) is 52.8 Å². The fourth-order valence-corrected chi connectivity index (χ4v) is 5.51. The highest BCUT2D eigenvalue weighted by atomic mass is 16.5. The van der Waals surface area contributed by atoms with E-state index in [1.54, 1.807) is 0 Å². The summed E-state index contributed by atoms with van der Waals surface area (Å²) in [5, 5.41) is 0. The van der Waals surface area contributed by atoms with Crippen molar-refractivity contribution in [2.24, 2.45) is 0 Å². The molecule has 3 aromatic carbocycles. The first-order chi connectivity index (χ1) is 20.4. The van der Waals surface area contributed by atoms with Crippen molar-refractivity contribution in [1.82, 2.24) is 15.0 Å². The van der Waals surface area contributed by atoms with E-state index in [1.165, 1.54) is 61.6 Å². The van der Waals surface area contributed by atoms with Crippen molar-refractivity contribution in [2.45, 2.75) is 106 Å². The van der Waals surface area contributed by atoms with E-state index in [4.69, 9.17) is 19.7 Å². The van der Waals surface area contributed by atoms with Gasteiger partial charge in [0, 0.05) is 11.1 Å². The first kappa shape index (κ1) is 31.4. The van der Waals surface area contributed by atoms with Gasteiger partial charge in [0.15, 0.2) is 17.5 Å². The average molecular weight is 564 g/mol. The Labute approximate surface area is 254 Å². The molecule has 0 N–H and O–H groups in total. The summed E-state index contributed by atoms with van der Waals surface area (Å²) < 4.78 is 6.41. The Morgan fingerprint density at radius 2 is 1.02 bits per heavy atom. The molecule has 0 aliphatic heterocycles. The number of aryl methyl sites for hydroxylation is 5. The molecule has 1 heterocycles. The van der Waals surface area contributed by atoms with Crippen LogP contribution in [0.2, 0.25) is 0 Å². The van der Waals surface area contributed by atoms with Gasteiger partial charge in [-0.15, -0.1) is 0 Å². The molecule has 0 aliphatic rings. The Morgan fingerprint density at radius 3 is 1.57 bits per heavy atom. The maximum atomic E-state index is 6.41. The SMILES string of the molecule is CCCCCCCCCc1ccc(-c2nc(-c3ccc(C)cc3C)nc(-c3ccc(C)cc3C)n2)c(OCCCC)c1. The molecule has 0 unspecified atom stereocenters. The normalized spacial score (nSPS) is 11.2. The third kappa shape index (κ3) is 8.50. The van der Waals surface area contributed by atoms with Gasteiger partial charge in [0.1, 0.15) is 5.75 Å². The molecule has 4 rings (SSSR count). The summed E-state index contributed by atoms with van der Waals surface area (Å²) in [5.74, 6) is 2.91. The van der Waals surface area contributed by atoms with E-state index in [9.17, 15) is 0 Å². The minimum absolute atomic E-state index is 0.656. The van der Waals surface area contributed by atoms with Crippen LogP contribution in [0.5, 0.6) is 5.75 Å². The third-order valence-electron chi connectivity index (χ3n) is 7.99. The Hall–Kier alpha value is -3.53. The van der Waals surface area contributed by atoms with Crippen LogP contribution in [-0.2, 0) is 6.42 Å². The molecule has 0 spiro atoms. The molecule has 4 aromatic rings. The fourth-order valence-electron chi connectivity index (χ4n) is 5.51. The maximum Gasteiger partial charge on any atom is 0.167 e. The Morgan fingerprint density at radius 1 is 0.524 bits per heavy atom. The molecule has 222 valence electrons. The molecule has 0 saturated heterocycles. The second-order valence-electron chi connectivity index (χ2n) is 11.8. The molecule has 0 bridgehead atoms. The lowest BCUT2D eigenvalue weighted by atomic mass is 10.0. The van der Waals surface area contributed by atoms with Gasteiger partial charge in [-0.05, 0) is 75.8 Å². The van der Waals surface area contributed by atoms with Crippen LogP contribution in [0.15, 0.2) is 54.6 Å². The summed E-state index contributed by atoms with van der Waals surface area (Å²) in [7, 11) is 0. The number of hydrogen-bond donors (Lipinski definition) is 0. The van der Waals surface area contributed by atoms with Crippen LogP contribution in [0.25, 0.3) is 34.2 Å². The van der Waals surface area contributed by atoms with Crippen LogP contribution >= 0.6 is 0 Å². The Balaban J connectivity index is 1.72. The Kier molecular flexibility index (Phi) is 11.7. The maximum absolute atomic E-state index is 6.41. The van der Waals surface area contributed by atoms with Crippen LogP contribution in [-0.4, -0.2) is 21.6 Å². The zero-order valence-electron chi connectivity index (χ0n) is 26.7. The van der Waals surface area contributed by atoms with E-state index in [1.807, 2.05) is 0 Å². The molecule has 0 aliphatic carbocycles. The lowest BCUT2D eigenvalue weighted by Crippen LogP contribution is -2.05. The lowest BCUT2D eigenvalue weighted by molar-refractivity contribution is 0.310. The van der Waals surface area contributed by atoms with Crippen molar-refractivity contribution in [2.75, 3.05) is 6.61 Å². The monoisotopic (exact) mass is 563 g/mol. The highest BCUT2D eigenvalue weighted by Crippen LogP contribution is 2.34. The number of hydrogen-bond acceptors (Lipinski definition) is 4. The number of ether oxygens (including phenoxy) is 1. The fraction of sp³-hybridized carbons (Fsp3) is 0.447. The molecular formula is C38H49N3O. The van der Waals surface area contributed by atoms with Gasteiger partial charge in [-0.2, -0.15) is 0 Å². The van der Waals surface area contributed by atoms with Crippen molar-refractivity contribution in [3.05, 3.63) is 82.4 Å². The molecule has 0 radical (unpaired) electrons. The van der Waals surface area contributed by atoms with Crippen molar-refractivity contribution < 1.29 is 4.74 Å². The van der Waals surface area contributed by atoms with Gasteiger partial charge in [0.25, 0.3) is 0 Å². The van der Waals surface area contributed by atoms with Crippen molar-refractivity contribution in [1.29, 1.82) is 0 Å². The summed E-state index contributed by atoms with van der Waals surface area (Å²) in [6.45, 7) is 13.6. The predicted octanol–water partition coefficient (Wildman–Crippen LogP) is 10.6. The van der Waals surface area contributed by atoms with E-state index >= 15 is 0 Å². The van der Waals surface area contributed by atoms with Gasteiger partial charge in [-0.25, -0.2) is 15.0 Å². The molecular weight excluding hydrogens is 514 g/mol. The topological polar surface area (TPSA) is 47.9 Å². The number of unbranched alkanes of at least 4 members (excludes halogenated alkanes) is 7. The minimum Gasteiger partial charge on any atom is -0.493 e. The van der Waals surface area contributed by atoms with Crippen LogP contribution < -0.4 is 4.74 Å². The highest BCUT2D eigenvalue weighted by molar-refractivity contribution is 5.72. The van der Waals surface area contributed by atoms with Gasteiger partial charge in [0.05, 0.1) is 12.2 Å². The van der Waals surface area contributed by atoms with E-state index in [-0.39, 0.29) is 0 Å². The molecule has 0 atom stereocenters. The summed E-state index contributed by atoms with van der Waals surface area (Å²) in [6.07, 6.45) is 12.3. The highest BCUT2D eigenvalue weighted by Gasteiger charge is 2.18. The first-order valence-electron chi connectivity index (χ1n) is 16.1. The third-order valence-corrected chi connectivity index (χ3v) is 7.99. The van der Waals surface area contributed by atoms with Gasteiger partial charge in [0.2, 0.25) is 0 Å². The lowest BCUT2D eigenvalue weighted by Gasteiger charge is -2.15. The molecule has 0 amide bonds. The van der Waals surface area contributed by atoms with E-state index in [2.05, 4.69) is 96.1 Å². The van der Waals surface area contributed by atoms with E-state index < -0.39 is 0 Å². The van der Waals surface area contributed by atoms with Crippen LogP contribution in [0, 0.1) is 27.7 Å². The van der Waals surface area contributed by atoms with Crippen molar-refractivity contribution in [3.8, 4) is 39.9 Å². The molecule has 0 saturated carbocycles. The Bertz CT molecular complexity index is 1390. The number of aromatic nitrogens is 3. The van der Waals surface area contributed by atoms with Crippen LogP contribution in [0.4, 0.5) is 0 Å². The summed E-state index contributed by atoms with van der Waals surface area (Å²) in [4.78, 5) is 15.1. The smallest absolute Gasteiger partial charge is 0.167 e. The summed E-state index contributed by atoms with van der Waals surface area (Å²) in [6, 6.07) is 19.5. The van der Waals surface area contributed by atoms with Crippen LogP contribution in [0.3, 0.4) is 0 Å². The molecule has 4 nitrogen and oxygen atoms in total. The first-order valence-corrected chi connectivity index (χ1v) is 16.1. The molecule has 42 heavy (non-hydrogen) atoms. The quantitative estimate of drug-likeness (QED) is 0.135. The standard InChI is InChI=1S/C38H49N3O/c1-7-9-11-12-13-14-15-16-31-19-22-34(35(26-31)42-23-10-8-2)38-40-36(32-20-17-27(3)24-29(32)5)39-37(41-38)33-21-18-28(4)25-30(33)6/h17-22,24-26H,7-16,23H2,1-6H3. The van der Waals surface area contributed by atoms with Crippen molar-refractivity contribution in [3.63, 3.8) is 0 Å². The molecule has 0 fully saturated rings. The summed E-state index contributed by atoms with van der Waals surface area (Å²) >= 11 is 0. The molecule has 1 aromatic heterocycles. The van der Waals surface area contributed by atoms with E-state index in [0.29, 0.717) is 24.1 Å². The second-order valence-corrected chi connectivity index (χ2v) is 11.8. The average Bonchev–Trinajstić information content (AvgIpc) is 2.97. The van der Waals surface area contributed by atoms with Gasteiger partial charge >= 0.3 is 0 Å². The second kappa shape index (κ2) is 15.6. The minimum atomic E-state index is 0.656. The largest absolute Gasteiger partial charge is 0.493 e. The summed E-state index contributed by atoms with van der Waals surface area (Å²) in [5.41, 5.74) is 9.06. The number of nitrogens with zero attached hydrogens (tertiary/aromatic N) is 3. The number of benzene rings is 3. The van der Waals surface area contributed by atoms with Gasteiger partial charge in [-0.3, -0.25) is 0 Å². The van der Waals surface area contributed by atoms with Crippen LogP contribution in [0.1, 0.15) is 99.5 Å². The van der Waals surface area contributed by atoms with Gasteiger partial charge < -0.3 is 4.74 Å². The number of rotatable bonds is 15. The van der Waals surface area contributed by atoms with Gasteiger partial charge in [-0.1, -0.05) is 112 Å². The molecule has 4 heteroatoms.